The van der Waals surface area contributed by atoms with Gasteiger partial charge in [-0.3, -0.25) is 9.88 Å². The van der Waals surface area contributed by atoms with Crippen LogP contribution in [0.1, 0.15) is 18.2 Å². The van der Waals surface area contributed by atoms with Gasteiger partial charge >= 0.3 is 0 Å². The fraction of sp³-hybridized carbons (Fsp3) is 0.391. The Kier molecular flexibility index (Phi) is 5.12. The van der Waals surface area contributed by atoms with E-state index in [1.807, 2.05) is 25.1 Å². The Morgan fingerprint density at radius 1 is 1.10 bits per heavy atom. The Morgan fingerprint density at radius 3 is 2.74 bits per heavy atom. The van der Waals surface area contributed by atoms with E-state index in [0.717, 1.165) is 60.8 Å². The van der Waals surface area contributed by atoms with E-state index in [1.54, 1.807) is 6.20 Å². The lowest BCUT2D eigenvalue weighted by Crippen LogP contribution is -2.65. The van der Waals surface area contributed by atoms with E-state index in [2.05, 4.69) is 54.8 Å². The van der Waals surface area contributed by atoms with Gasteiger partial charge in [0.2, 0.25) is 5.28 Å². The maximum Gasteiger partial charge on any atom is 0.224 e. The summed E-state index contributed by atoms with van der Waals surface area (Å²) in [5, 5.41) is 10.8. The summed E-state index contributed by atoms with van der Waals surface area (Å²) in [7, 11) is 0. The van der Waals surface area contributed by atoms with Gasteiger partial charge in [0.05, 0.1) is 11.1 Å². The van der Waals surface area contributed by atoms with E-state index in [9.17, 15) is 5.26 Å². The third kappa shape index (κ3) is 3.67. The second-order valence-corrected chi connectivity index (χ2v) is 8.71. The van der Waals surface area contributed by atoms with Crippen molar-refractivity contribution in [1.29, 1.82) is 5.26 Å². The number of aryl methyl sites for hydroxylation is 1. The first kappa shape index (κ1) is 20.0. The van der Waals surface area contributed by atoms with Crippen LogP contribution in [-0.4, -0.2) is 64.7 Å². The summed E-state index contributed by atoms with van der Waals surface area (Å²) in [6.45, 7) is 8.92. The minimum atomic E-state index is 0.299. The number of nitrogens with zero attached hydrogens (tertiary/aromatic N) is 7. The first-order chi connectivity index (χ1) is 15.0. The Labute approximate surface area is 186 Å². The van der Waals surface area contributed by atoms with Crippen molar-refractivity contribution in [1.82, 2.24) is 19.9 Å². The van der Waals surface area contributed by atoms with E-state index < -0.39 is 0 Å². The average Bonchev–Trinajstić information content (AvgIpc) is 2.77. The molecule has 0 aliphatic carbocycles. The number of pyridine rings is 1. The van der Waals surface area contributed by atoms with Crippen LogP contribution in [0.25, 0.3) is 10.9 Å². The highest BCUT2D eigenvalue weighted by Crippen LogP contribution is 2.32. The highest BCUT2D eigenvalue weighted by Gasteiger charge is 2.37. The molecule has 4 heterocycles. The van der Waals surface area contributed by atoms with Gasteiger partial charge in [-0.2, -0.15) is 5.26 Å². The number of nitriles is 1. The molecule has 0 bridgehead atoms. The summed E-state index contributed by atoms with van der Waals surface area (Å²) in [6.07, 6.45) is 1.75. The standard InChI is InChI=1S/C23H24ClN7/c1-15-10-21(28-23(24)27-15)29-8-9-31-16(2)12-30(14-18(31)13-29)20-6-5-17(11-25)22-19(20)4-3-7-26-22/h3-7,10,16,18H,8-9,12-14H2,1-2H3/t16-,18+/m1/s1. The molecule has 3 aromatic rings. The van der Waals surface area contributed by atoms with Gasteiger partial charge in [0.15, 0.2) is 0 Å². The second kappa shape index (κ2) is 7.95. The molecule has 0 amide bonds. The van der Waals surface area contributed by atoms with E-state index in [-0.39, 0.29) is 0 Å². The molecule has 0 radical (unpaired) electrons. The molecule has 2 aliphatic heterocycles. The molecule has 2 atom stereocenters. The van der Waals surface area contributed by atoms with Crippen LogP contribution < -0.4 is 9.80 Å². The van der Waals surface area contributed by atoms with Crippen LogP contribution in [0.2, 0.25) is 5.28 Å². The lowest BCUT2D eigenvalue weighted by molar-refractivity contribution is 0.108. The van der Waals surface area contributed by atoms with Crippen molar-refractivity contribution < 1.29 is 0 Å². The molecule has 158 valence electrons. The van der Waals surface area contributed by atoms with Gasteiger partial charge in [0, 0.05) is 73.8 Å². The Morgan fingerprint density at radius 2 is 1.94 bits per heavy atom. The van der Waals surface area contributed by atoms with Crippen LogP contribution in [0.5, 0.6) is 0 Å². The Balaban J connectivity index is 1.44. The smallest absolute Gasteiger partial charge is 0.224 e. The van der Waals surface area contributed by atoms with Crippen molar-refractivity contribution >= 4 is 34.0 Å². The number of hydrogen-bond donors (Lipinski definition) is 0. The summed E-state index contributed by atoms with van der Waals surface area (Å²) in [5.74, 6) is 0.898. The zero-order valence-electron chi connectivity index (χ0n) is 17.7. The number of rotatable bonds is 2. The molecule has 8 heteroatoms. The molecule has 2 saturated heterocycles. The molecular formula is C23H24ClN7. The predicted molar refractivity (Wildman–Crippen MR) is 123 cm³/mol. The highest BCUT2D eigenvalue weighted by atomic mass is 35.5. The van der Waals surface area contributed by atoms with Crippen LogP contribution in [0.15, 0.2) is 36.5 Å². The number of piperazine rings is 2. The van der Waals surface area contributed by atoms with E-state index in [0.29, 0.717) is 22.9 Å². The monoisotopic (exact) mass is 433 g/mol. The van der Waals surface area contributed by atoms with E-state index >= 15 is 0 Å². The minimum absolute atomic E-state index is 0.299. The first-order valence-electron chi connectivity index (χ1n) is 10.6. The minimum Gasteiger partial charge on any atom is -0.368 e. The number of hydrogen-bond acceptors (Lipinski definition) is 7. The number of benzene rings is 1. The quantitative estimate of drug-likeness (QED) is 0.574. The summed E-state index contributed by atoms with van der Waals surface area (Å²) in [5.41, 5.74) is 3.42. The molecule has 5 rings (SSSR count). The molecule has 7 nitrogen and oxygen atoms in total. The molecular weight excluding hydrogens is 410 g/mol. The normalized spacial score (nSPS) is 21.7. The van der Waals surface area contributed by atoms with Gasteiger partial charge in [-0.15, -0.1) is 0 Å². The van der Waals surface area contributed by atoms with Gasteiger partial charge < -0.3 is 9.80 Å². The van der Waals surface area contributed by atoms with Crippen LogP contribution in [0.4, 0.5) is 11.5 Å². The topological polar surface area (TPSA) is 72.2 Å². The summed E-state index contributed by atoms with van der Waals surface area (Å²) < 4.78 is 0. The summed E-state index contributed by atoms with van der Waals surface area (Å²) >= 11 is 6.12. The van der Waals surface area contributed by atoms with E-state index in [1.165, 1.54) is 0 Å². The second-order valence-electron chi connectivity index (χ2n) is 8.37. The molecule has 0 saturated carbocycles. The van der Waals surface area contributed by atoms with Crippen molar-refractivity contribution in [2.75, 3.05) is 42.5 Å². The van der Waals surface area contributed by atoms with Gasteiger partial charge in [-0.1, -0.05) is 0 Å². The van der Waals surface area contributed by atoms with Gasteiger partial charge in [0.1, 0.15) is 11.9 Å². The number of fused-ring (bicyclic) bond motifs is 2. The number of halogens is 1. The fourth-order valence-corrected chi connectivity index (χ4v) is 5.19. The molecule has 2 aromatic heterocycles. The zero-order valence-corrected chi connectivity index (χ0v) is 18.4. The van der Waals surface area contributed by atoms with Crippen molar-refractivity contribution in [3.05, 3.63) is 53.1 Å². The third-order valence-electron chi connectivity index (χ3n) is 6.36. The van der Waals surface area contributed by atoms with Crippen LogP contribution in [-0.2, 0) is 0 Å². The highest BCUT2D eigenvalue weighted by molar-refractivity contribution is 6.28. The fourth-order valence-electron chi connectivity index (χ4n) is 4.97. The van der Waals surface area contributed by atoms with Gasteiger partial charge in [-0.05, 0) is 49.7 Å². The predicted octanol–water partition coefficient (Wildman–Crippen LogP) is 3.26. The molecule has 0 unspecified atom stereocenters. The maximum absolute atomic E-state index is 9.47. The van der Waals surface area contributed by atoms with Crippen molar-refractivity contribution in [3.8, 4) is 6.07 Å². The van der Waals surface area contributed by atoms with Gasteiger partial charge in [-0.25, -0.2) is 9.97 Å². The van der Waals surface area contributed by atoms with Crippen LogP contribution in [0.3, 0.4) is 0 Å². The lowest BCUT2D eigenvalue weighted by Gasteiger charge is -2.51. The van der Waals surface area contributed by atoms with Crippen molar-refractivity contribution in [3.63, 3.8) is 0 Å². The summed E-state index contributed by atoms with van der Waals surface area (Å²) in [4.78, 5) is 20.5. The average molecular weight is 434 g/mol. The lowest BCUT2D eigenvalue weighted by atomic mass is 10.0. The molecule has 0 N–H and O–H groups in total. The summed E-state index contributed by atoms with van der Waals surface area (Å²) in [6, 6.07) is 13.0. The van der Waals surface area contributed by atoms with Crippen molar-refractivity contribution in [2.24, 2.45) is 0 Å². The Bertz CT molecular complexity index is 1150. The van der Waals surface area contributed by atoms with E-state index in [4.69, 9.17) is 11.6 Å². The largest absolute Gasteiger partial charge is 0.368 e. The maximum atomic E-state index is 9.47. The molecule has 0 spiro atoms. The molecule has 31 heavy (non-hydrogen) atoms. The first-order valence-corrected chi connectivity index (χ1v) is 11.0. The molecule has 2 fully saturated rings. The van der Waals surface area contributed by atoms with Gasteiger partial charge in [0.25, 0.3) is 0 Å². The van der Waals surface area contributed by atoms with Crippen LogP contribution >= 0.6 is 11.6 Å². The molecule has 1 aromatic carbocycles. The number of anilines is 2. The number of aromatic nitrogens is 3. The third-order valence-corrected chi connectivity index (χ3v) is 6.52. The van der Waals surface area contributed by atoms with Crippen molar-refractivity contribution in [2.45, 2.75) is 25.9 Å². The van der Waals surface area contributed by atoms with Crippen LogP contribution in [0, 0.1) is 18.3 Å². The zero-order chi connectivity index (χ0) is 21.5. The SMILES string of the molecule is Cc1cc(N2CCN3[C@@H](C2)CN(c2ccc(C#N)c4ncccc24)C[C@H]3C)nc(Cl)n1. The molecule has 2 aliphatic rings. The Hall–Kier alpha value is -2.95.